The van der Waals surface area contributed by atoms with E-state index in [4.69, 9.17) is 10.00 Å². The Morgan fingerprint density at radius 2 is 2.17 bits per heavy atom. The lowest BCUT2D eigenvalue weighted by Gasteiger charge is -2.26. The highest BCUT2D eigenvalue weighted by Gasteiger charge is 2.22. The Bertz CT molecular complexity index is 445. The first-order chi connectivity index (χ1) is 8.62. The third-order valence-electron chi connectivity index (χ3n) is 3.66. The molecule has 0 spiro atoms. The van der Waals surface area contributed by atoms with Crippen molar-refractivity contribution in [2.45, 2.75) is 45.6 Å². The van der Waals surface area contributed by atoms with Gasteiger partial charge in [-0.1, -0.05) is 24.3 Å². The Kier molecular flexibility index (Phi) is 4.04. The van der Waals surface area contributed by atoms with Crippen LogP contribution in [0.1, 0.15) is 50.3 Å². The standard InChI is InChI=1S/C16H21NO/c1-16(2,12-17)10-11-18-15-9-5-7-13-6-3-4-8-14(13)15/h3-4,6,8,15H,5,7,9-11H2,1-2H3. The van der Waals surface area contributed by atoms with Gasteiger partial charge >= 0.3 is 0 Å². The van der Waals surface area contributed by atoms with Crippen LogP contribution in [0.25, 0.3) is 0 Å². The van der Waals surface area contributed by atoms with E-state index in [1.165, 1.54) is 24.0 Å². The van der Waals surface area contributed by atoms with E-state index in [1.54, 1.807) is 0 Å². The molecule has 1 aliphatic carbocycles. The molecular formula is C16H21NO. The van der Waals surface area contributed by atoms with Crippen molar-refractivity contribution in [3.63, 3.8) is 0 Å². The molecule has 0 N–H and O–H groups in total. The zero-order valence-electron chi connectivity index (χ0n) is 11.3. The van der Waals surface area contributed by atoms with Crippen LogP contribution in [0.5, 0.6) is 0 Å². The van der Waals surface area contributed by atoms with Crippen molar-refractivity contribution in [2.75, 3.05) is 6.61 Å². The number of aryl methyl sites for hydroxylation is 1. The van der Waals surface area contributed by atoms with Crippen LogP contribution in [0.3, 0.4) is 0 Å². The highest BCUT2D eigenvalue weighted by Crippen LogP contribution is 2.33. The van der Waals surface area contributed by atoms with Gasteiger partial charge in [0.1, 0.15) is 0 Å². The van der Waals surface area contributed by atoms with Crippen molar-refractivity contribution >= 4 is 0 Å². The Balaban J connectivity index is 1.94. The van der Waals surface area contributed by atoms with Crippen LogP contribution < -0.4 is 0 Å². The Labute approximate surface area is 110 Å². The second-order valence-corrected chi connectivity index (χ2v) is 5.70. The summed E-state index contributed by atoms with van der Waals surface area (Å²) in [5.74, 6) is 0. The number of benzene rings is 1. The summed E-state index contributed by atoms with van der Waals surface area (Å²) >= 11 is 0. The number of hydrogen-bond donors (Lipinski definition) is 0. The van der Waals surface area contributed by atoms with E-state index >= 15 is 0 Å². The van der Waals surface area contributed by atoms with Gasteiger partial charge in [0.25, 0.3) is 0 Å². The van der Waals surface area contributed by atoms with Crippen LogP contribution in [-0.2, 0) is 11.2 Å². The van der Waals surface area contributed by atoms with Crippen molar-refractivity contribution < 1.29 is 4.74 Å². The van der Waals surface area contributed by atoms with Gasteiger partial charge in [0.2, 0.25) is 0 Å². The molecule has 0 saturated carbocycles. The lowest BCUT2D eigenvalue weighted by Crippen LogP contribution is -2.17. The van der Waals surface area contributed by atoms with E-state index in [1.807, 2.05) is 13.8 Å². The predicted molar refractivity (Wildman–Crippen MR) is 72.1 cm³/mol. The van der Waals surface area contributed by atoms with E-state index < -0.39 is 0 Å². The van der Waals surface area contributed by atoms with Crippen molar-refractivity contribution in [1.29, 1.82) is 5.26 Å². The van der Waals surface area contributed by atoms with Crippen molar-refractivity contribution in [1.82, 2.24) is 0 Å². The lowest BCUT2D eigenvalue weighted by atomic mass is 9.89. The molecule has 0 amide bonds. The minimum absolute atomic E-state index is 0.226. The van der Waals surface area contributed by atoms with Gasteiger partial charge in [-0.25, -0.2) is 0 Å². The van der Waals surface area contributed by atoms with Crippen LogP contribution in [0.2, 0.25) is 0 Å². The second kappa shape index (κ2) is 5.54. The van der Waals surface area contributed by atoms with Crippen LogP contribution in [0, 0.1) is 16.7 Å². The smallest absolute Gasteiger partial charge is 0.0827 e. The molecule has 1 aromatic rings. The summed E-state index contributed by atoms with van der Waals surface area (Å²) in [7, 11) is 0. The molecule has 2 rings (SSSR count). The summed E-state index contributed by atoms with van der Waals surface area (Å²) in [6.07, 6.45) is 4.49. The minimum atomic E-state index is -0.284. The Hall–Kier alpha value is -1.33. The molecule has 0 fully saturated rings. The number of nitrogens with zero attached hydrogens (tertiary/aromatic N) is 1. The first-order valence-corrected chi connectivity index (χ1v) is 6.73. The lowest BCUT2D eigenvalue weighted by molar-refractivity contribution is 0.0298. The second-order valence-electron chi connectivity index (χ2n) is 5.70. The van der Waals surface area contributed by atoms with E-state index in [9.17, 15) is 0 Å². The predicted octanol–water partition coefficient (Wildman–Crippen LogP) is 4.02. The number of hydrogen-bond acceptors (Lipinski definition) is 2. The van der Waals surface area contributed by atoms with Crippen LogP contribution in [0.4, 0.5) is 0 Å². The van der Waals surface area contributed by atoms with Crippen LogP contribution >= 0.6 is 0 Å². The number of fused-ring (bicyclic) bond motifs is 1. The molecule has 18 heavy (non-hydrogen) atoms. The summed E-state index contributed by atoms with van der Waals surface area (Å²) in [6.45, 7) is 4.59. The van der Waals surface area contributed by atoms with Gasteiger partial charge in [0, 0.05) is 6.61 Å². The molecule has 0 aromatic heterocycles. The van der Waals surface area contributed by atoms with Crippen LogP contribution in [0.15, 0.2) is 24.3 Å². The van der Waals surface area contributed by atoms with Crippen molar-refractivity contribution in [3.8, 4) is 6.07 Å². The van der Waals surface area contributed by atoms with Crippen molar-refractivity contribution in [3.05, 3.63) is 35.4 Å². The summed E-state index contributed by atoms with van der Waals surface area (Å²) in [5, 5.41) is 8.98. The summed E-state index contributed by atoms with van der Waals surface area (Å²) in [5.41, 5.74) is 2.49. The van der Waals surface area contributed by atoms with Gasteiger partial charge in [0.05, 0.1) is 17.6 Å². The van der Waals surface area contributed by atoms with E-state index in [-0.39, 0.29) is 11.5 Å². The average molecular weight is 243 g/mol. The fourth-order valence-corrected chi connectivity index (χ4v) is 2.39. The van der Waals surface area contributed by atoms with Gasteiger partial charge in [-0.2, -0.15) is 5.26 Å². The van der Waals surface area contributed by atoms with Gasteiger partial charge < -0.3 is 4.74 Å². The molecule has 2 nitrogen and oxygen atoms in total. The van der Waals surface area contributed by atoms with Gasteiger partial charge in [-0.3, -0.25) is 0 Å². The number of rotatable bonds is 4. The summed E-state index contributed by atoms with van der Waals surface area (Å²) in [6, 6.07) is 10.9. The number of ether oxygens (including phenoxy) is 1. The maximum atomic E-state index is 8.98. The molecule has 1 aliphatic rings. The minimum Gasteiger partial charge on any atom is -0.373 e. The first kappa shape index (κ1) is 13.1. The fourth-order valence-electron chi connectivity index (χ4n) is 2.39. The maximum Gasteiger partial charge on any atom is 0.0827 e. The zero-order chi connectivity index (χ0) is 13.0. The summed E-state index contributed by atoms with van der Waals surface area (Å²) < 4.78 is 6.00. The monoisotopic (exact) mass is 243 g/mol. The molecule has 0 heterocycles. The van der Waals surface area contributed by atoms with Gasteiger partial charge in [-0.15, -0.1) is 0 Å². The quantitative estimate of drug-likeness (QED) is 0.800. The molecule has 96 valence electrons. The third kappa shape index (κ3) is 3.11. The SMILES string of the molecule is CC(C)(C#N)CCOC1CCCc2ccccc21. The Morgan fingerprint density at radius 3 is 2.94 bits per heavy atom. The van der Waals surface area contributed by atoms with Crippen LogP contribution in [-0.4, -0.2) is 6.61 Å². The van der Waals surface area contributed by atoms with Gasteiger partial charge in [-0.05, 0) is 50.7 Å². The van der Waals surface area contributed by atoms with E-state index in [0.29, 0.717) is 6.61 Å². The molecule has 1 atom stereocenters. The molecule has 0 saturated heterocycles. The molecule has 0 bridgehead atoms. The molecule has 0 aliphatic heterocycles. The molecule has 2 heteroatoms. The van der Waals surface area contributed by atoms with E-state index in [2.05, 4.69) is 30.3 Å². The fraction of sp³-hybridized carbons (Fsp3) is 0.562. The highest BCUT2D eigenvalue weighted by molar-refractivity contribution is 5.31. The third-order valence-corrected chi connectivity index (χ3v) is 3.66. The molecular weight excluding hydrogens is 222 g/mol. The molecule has 0 radical (unpaired) electrons. The molecule has 1 unspecified atom stereocenters. The normalized spacial score (nSPS) is 19.1. The maximum absolute atomic E-state index is 8.98. The Morgan fingerprint density at radius 1 is 1.39 bits per heavy atom. The molecule has 1 aromatic carbocycles. The topological polar surface area (TPSA) is 33.0 Å². The highest BCUT2D eigenvalue weighted by atomic mass is 16.5. The van der Waals surface area contributed by atoms with Crippen molar-refractivity contribution in [2.24, 2.45) is 5.41 Å². The number of nitriles is 1. The zero-order valence-corrected chi connectivity index (χ0v) is 11.3. The average Bonchev–Trinajstić information content (AvgIpc) is 2.39. The largest absolute Gasteiger partial charge is 0.373 e. The van der Waals surface area contributed by atoms with E-state index in [0.717, 1.165) is 12.8 Å². The first-order valence-electron chi connectivity index (χ1n) is 6.73. The van der Waals surface area contributed by atoms with Gasteiger partial charge in [0.15, 0.2) is 0 Å². The summed E-state index contributed by atoms with van der Waals surface area (Å²) in [4.78, 5) is 0.